The minimum absolute atomic E-state index is 0.128. The van der Waals surface area contributed by atoms with Crippen molar-refractivity contribution in [2.75, 3.05) is 5.32 Å². The van der Waals surface area contributed by atoms with Crippen LogP contribution in [0.1, 0.15) is 15.4 Å². The van der Waals surface area contributed by atoms with Gasteiger partial charge in [0.15, 0.2) is 0 Å². The van der Waals surface area contributed by atoms with Gasteiger partial charge in [-0.15, -0.1) is 5.10 Å². The molecule has 3 N–H and O–H groups in total. The number of nitrogens with one attached hydrogen (secondary N) is 1. The Balaban J connectivity index is 2.35. The molecule has 0 aliphatic carbocycles. The number of benzene rings is 1. The van der Waals surface area contributed by atoms with Crippen molar-refractivity contribution in [2.24, 2.45) is 5.14 Å². The van der Waals surface area contributed by atoms with Crippen molar-refractivity contribution in [2.45, 2.75) is 11.8 Å². The van der Waals surface area contributed by atoms with E-state index in [0.29, 0.717) is 10.6 Å². The minimum atomic E-state index is -3.90. The molecular weight excluding hydrogens is 288 g/mol. The molecule has 0 unspecified atom stereocenters. The van der Waals surface area contributed by atoms with Crippen LogP contribution in [0.3, 0.4) is 0 Å². The van der Waals surface area contributed by atoms with Gasteiger partial charge in [-0.1, -0.05) is 16.6 Å². The Bertz CT molecular complexity index is 724. The van der Waals surface area contributed by atoms with E-state index < -0.39 is 15.9 Å². The molecule has 0 saturated heterocycles. The van der Waals surface area contributed by atoms with E-state index in [1.165, 1.54) is 18.2 Å². The summed E-state index contributed by atoms with van der Waals surface area (Å²) in [6.07, 6.45) is 0. The Kier molecular flexibility index (Phi) is 3.60. The van der Waals surface area contributed by atoms with Crippen LogP contribution in [0.4, 0.5) is 5.69 Å². The average molecular weight is 298 g/mol. The summed E-state index contributed by atoms with van der Waals surface area (Å²) >= 11 is 0.936. The lowest BCUT2D eigenvalue weighted by molar-refractivity contribution is 0.102. The topological polar surface area (TPSA) is 115 Å². The summed E-state index contributed by atoms with van der Waals surface area (Å²) in [5, 5.41) is 11.3. The Hall–Kier alpha value is -1.84. The number of anilines is 1. The number of sulfonamides is 1. The van der Waals surface area contributed by atoms with Crippen LogP contribution in [-0.4, -0.2) is 23.9 Å². The molecule has 0 aliphatic heterocycles. The number of amides is 1. The van der Waals surface area contributed by atoms with Gasteiger partial charge < -0.3 is 5.32 Å². The first-order chi connectivity index (χ1) is 8.89. The second kappa shape index (κ2) is 5.03. The van der Waals surface area contributed by atoms with Gasteiger partial charge in [0.25, 0.3) is 5.91 Å². The maximum absolute atomic E-state index is 12.0. The van der Waals surface area contributed by atoms with E-state index in [9.17, 15) is 13.2 Å². The van der Waals surface area contributed by atoms with Gasteiger partial charge in [-0.25, -0.2) is 13.6 Å². The third-order valence-electron chi connectivity index (χ3n) is 2.30. The molecule has 0 radical (unpaired) electrons. The van der Waals surface area contributed by atoms with Gasteiger partial charge in [0, 0.05) is 0 Å². The lowest BCUT2D eigenvalue weighted by Gasteiger charge is -2.08. The summed E-state index contributed by atoms with van der Waals surface area (Å²) in [6.45, 7) is 1.64. The molecule has 0 spiro atoms. The summed E-state index contributed by atoms with van der Waals surface area (Å²) in [5.74, 6) is -0.469. The highest BCUT2D eigenvalue weighted by Crippen LogP contribution is 2.21. The van der Waals surface area contributed by atoms with E-state index in [4.69, 9.17) is 5.14 Å². The molecule has 1 aromatic carbocycles. The fourth-order valence-corrected chi connectivity index (χ4v) is 2.68. The van der Waals surface area contributed by atoms with Crippen molar-refractivity contribution < 1.29 is 13.2 Å². The zero-order valence-electron chi connectivity index (χ0n) is 9.82. The van der Waals surface area contributed by atoms with Gasteiger partial charge in [-0.3, -0.25) is 4.79 Å². The molecule has 0 fully saturated rings. The van der Waals surface area contributed by atoms with E-state index in [0.717, 1.165) is 11.5 Å². The quantitative estimate of drug-likeness (QED) is 0.867. The molecule has 0 bridgehead atoms. The first-order valence-electron chi connectivity index (χ1n) is 5.11. The fraction of sp³-hybridized carbons (Fsp3) is 0.100. The zero-order chi connectivity index (χ0) is 14.0. The van der Waals surface area contributed by atoms with Crippen LogP contribution in [0.2, 0.25) is 0 Å². The maximum Gasteiger partial charge on any atom is 0.269 e. The third kappa shape index (κ3) is 2.95. The molecule has 0 saturated carbocycles. The first-order valence-corrected chi connectivity index (χ1v) is 7.43. The Morgan fingerprint density at radius 1 is 1.37 bits per heavy atom. The van der Waals surface area contributed by atoms with E-state index >= 15 is 0 Å². The van der Waals surface area contributed by atoms with Gasteiger partial charge >= 0.3 is 0 Å². The predicted octanol–water partition coefficient (Wildman–Crippen LogP) is 0.746. The number of hydrogen-bond donors (Lipinski definition) is 2. The number of nitrogens with two attached hydrogens (primary N) is 1. The van der Waals surface area contributed by atoms with Crippen molar-refractivity contribution in [1.29, 1.82) is 0 Å². The Morgan fingerprint density at radius 3 is 2.63 bits per heavy atom. The maximum atomic E-state index is 12.0. The molecule has 0 aliphatic rings. The summed E-state index contributed by atoms with van der Waals surface area (Å²) in [5.41, 5.74) is 0.610. The zero-order valence-corrected chi connectivity index (χ0v) is 11.5. The molecule has 100 valence electrons. The molecule has 19 heavy (non-hydrogen) atoms. The highest BCUT2D eigenvalue weighted by molar-refractivity contribution is 7.89. The lowest BCUT2D eigenvalue weighted by Crippen LogP contribution is -2.18. The summed E-state index contributed by atoms with van der Waals surface area (Å²) in [7, 11) is -3.90. The molecule has 1 amide bonds. The Morgan fingerprint density at radius 2 is 2.05 bits per heavy atom. The fourth-order valence-electron chi connectivity index (χ4n) is 1.44. The number of hydrogen-bond acceptors (Lipinski definition) is 6. The van der Waals surface area contributed by atoms with Crippen LogP contribution in [0.15, 0.2) is 29.2 Å². The first kappa shape index (κ1) is 13.6. The summed E-state index contributed by atoms with van der Waals surface area (Å²) in [6, 6.07) is 5.90. The van der Waals surface area contributed by atoms with Crippen molar-refractivity contribution in [3.05, 3.63) is 34.8 Å². The number of carbonyl (C=O) groups is 1. The summed E-state index contributed by atoms with van der Waals surface area (Å²) < 4.78 is 26.4. The molecule has 1 heterocycles. The van der Waals surface area contributed by atoms with Crippen molar-refractivity contribution in [3.63, 3.8) is 0 Å². The second-order valence-electron chi connectivity index (χ2n) is 3.68. The van der Waals surface area contributed by atoms with Crippen LogP contribution in [0, 0.1) is 6.92 Å². The standard InChI is InChI=1S/C10H10N4O3S2/c1-6-9(18-14-13-6)10(15)12-7-4-2-3-5-8(7)19(11,16)17/h2-5H,1H3,(H,12,15)(H2,11,16,17). The second-order valence-corrected chi connectivity index (χ2v) is 5.97. The predicted molar refractivity (Wildman–Crippen MR) is 70.4 cm³/mol. The van der Waals surface area contributed by atoms with E-state index in [1.807, 2.05) is 0 Å². The van der Waals surface area contributed by atoms with E-state index in [2.05, 4.69) is 14.9 Å². The van der Waals surface area contributed by atoms with Crippen LogP contribution >= 0.6 is 11.5 Å². The number of carbonyl (C=O) groups excluding carboxylic acids is 1. The monoisotopic (exact) mass is 298 g/mol. The Labute approximate surface area is 113 Å². The molecular formula is C10H10N4O3S2. The van der Waals surface area contributed by atoms with Crippen LogP contribution in [0.5, 0.6) is 0 Å². The smallest absolute Gasteiger partial charge is 0.269 e. The number of aryl methyl sites for hydroxylation is 1. The highest BCUT2D eigenvalue weighted by atomic mass is 32.2. The lowest BCUT2D eigenvalue weighted by atomic mass is 10.3. The number of nitrogens with zero attached hydrogens (tertiary/aromatic N) is 2. The number of para-hydroxylation sites is 1. The van der Waals surface area contributed by atoms with Crippen molar-refractivity contribution >= 4 is 33.2 Å². The molecule has 9 heteroatoms. The van der Waals surface area contributed by atoms with Gasteiger partial charge in [0.05, 0.1) is 11.4 Å². The number of primary sulfonamides is 1. The third-order valence-corrected chi connectivity index (χ3v) is 4.10. The SMILES string of the molecule is Cc1nnsc1C(=O)Nc1ccccc1S(N)(=O)=O. The van der Waals surface area contributed by atoms with Gasteiger partial charge in [0.2, 0.25) is 10.0 Å². The van der Waals surface area contributed by atoms with Crippen LogP contribution in [0.25, 0.3) is 0 Å². The van der Waals surface area contributed by atoms with E-state index in [-0.39, 0.29) is 10.6 Å². The van der Waals surface area contributed by atoms with E-state index in [1.54, 1.807) is 13.0 Å². The van der Waals surface area contributed by atoms with Crippen molar-refractivity contribution in [1.82, 2.24) is 9.59 Å². The normalized spacial score (nSPS) is 11.3. The highest BCUT2D eigenvalue weighted by Gasteiger charge is 2.18. The molecule has 1 aromatic heterocycles. The molecule has 2 aromatic rings. The van der Waals surface area contributed by atoms with Gasteiger partial charge in [-0.05, 0) is 30.6 Å². The average Bonchev–Trinajstić information content (AvgIpc) is 2.75. The largest absolute Gasteiger partial charge is 0.320 e. The summed E-state index contributed by atoms with van der Waals surface area (Å²) in [4.78, 5) is 12.1. The number of aromatic nitrogens is 2. The molecule has 7 nitrogen and oxygen atoms in total. The van der Waals surface area contributed by atoms with Gasteiger partial charge in [-0.2, -0.15) is 0 Å². The van der Waals surface area contributed by atoms with Gasteiger partial charge in [0.1, 0.15) is 9.77 Å². The van der Waals surface area contributed by atoms with Crippen molar-refractivity contribution in [3.8, 4) is 0 Å². The van der Waals surface area contributed by atoms with Crippen LogP contribution < -0.4 is 10.5 Å². The minimum Gasteiger partial charge on any atom is -0.320 e. The molecule has 2 rings (SSSR count). The number of rotatable bonds is 3. The van der Waals surface area contributed by atoms with Crippen LogP contribution in [-0.2, 0) is 10.0 Å². The molecule has 0 atom stereocenters.